The molecule has 5 rings (SSSR count). The van der Waals surface area contributed by atoms with E-state index in [1.54, 1.807) is 0 Å². The molecule has 2 heterocycles. The van der Waals surface area contributed by atoms with Gasteiger partial charge < -0.3 is 10.6 Å². The predicted octanol–water partition coefficient (Wildman–Crippen LogP) is 1.74. The largest absolute Gasteiger partial charge is 0.340 e. The molecule has 4 unspecified atom stereocenters. The number of nitrogens with zero attached hydrogens (tertiary/aromatic N) is 3. The van der Waals surface area contributed by atoms with Gasteiger partial charge in [-0.3, -0.25) is 5.10 Å². The topological polar surface area (TPSA) is 70.8 Å². The number of aromatic nitrogens is 3. The van der Waals surface area contributed by atoms with E-state index in [0.29, 0.717) is 11.8 Å². The molecule has 114 valence electrons. The Morgan fingerprint density at radius 2 is 1.81 bits per heavy atom. The van der Waals surface area contributed by atoms with E-state index in [9.17, 15) is 0 Å². The Hall–Kier alpha value is -1.10. The summed E-state index contributed by atoms with van der Waals surface area (Å²) in [6.45, 7) is 2.94. The number of rotatable bonds is 3. The van der Waals surface area contributed by atoms with Crippen LogP contribution in [0.2, 0.25) is 0 Å². The molecule has 5 nitrogen and oxygen atoms in total. The average Bonchev–Trinajstić information content (AvgIpc) is 2.94. The van der Waals surface area contributed by atoms with Gasteiger partial charge in [-0.25, -0.2) is 0 Å². The number of aromatic amines is 1. The van der Waals surface area contributed by atoms with Crippen molar-refractivity contribution in [1.29, 1.82) is 0 Å². The summed E-state index contributed by atoms with van der Waals surface area (Å²) in [5.41, 5.74) is 5.77. The Labute approximate surface area is 125 Å². The van der Waals surface area contributed by atoms with Crippen LogP contribution in [0.1, 0.15) is 43.8 Å². The normalized spacial score (nSPS) is 41.6. The molecule has 2 bridgehead atoms. The predicted molar refractivity (Wildman–Crippen MR) is 80.9 cm³/mol. The minimum absolute atomic E-state index is 0.693. The fourth-order valence-electron chi connectivity index (χ4n) is 5.61. The van der Waals surface area contributed by atoms with Crippen molar-refractivity contribution in [3.05, 3.63) is 5.82 Å². The van der Waals surface area contributed by atoms with Crippen LogP contribution in [-0.2, 0) is 0 Å². The molecule has 3 N–H and O–H groups in total. The second-order valence-electron chi connectivity index (χ2n) is 7.70. The van der Waals surface area contributed by atoms with E-state index in [1.165, 1.54) is 37.9 Å². The van der Waals surface area contributed by atoms with Gasteiger partial charge in [-0.2, -0.15) is 4.98 Å². The summed E-state index contributed by atoms with van der Waals surface area (Å²) in [6.07, 6.45) is 6.80. The highest BCUT2D eigenvalue weighted by atomic mass is 15.4. The molecular weight excluding hydrogens is 262 g/mol. The highest BCUT2D eigenvalue weighted by Crippen LogP contribution is 2.72. The third kappa shape index (κ3) is 1.79. The molecule has 1 saturated heterocycles. The SMILES string of the molecule is NCC1CCN(c2n[nH]c(C3C4C5CCC(C5)C34)n2)CC1. The lowest BCUT2D eigenvalue weighted by Crippen LogP contribution is -2.36. The molecule has 3 aliphatic carbocycles. The third-order valence-corrected chi connectivity index (χ3v) is 6.77. The number of anilines is 1. The summed E-state index contributed by atoms with van der Waals surface area (Å²) >= 11 is 0. The van der Waals surface area contributed by atoms with Crippen molar-refractivity contribution in [2.45, 2.75) is 38.0 Å². The van der Waals surface area contributed by atoms with Gasteiger partial charge in [0.1, 0.15) is 5.82 Å². The highest BCUT2D eigenvalue weighted by Gasteiger charge is 2.66. The average molecular weight is 287 g/mol. The summed E-state index contributed by atoms with van der Waals surface area (Å²) in [5.74, 6) is 7.38. The van der Waals surface area contributed by atoms with Gasteiger partial charge in [-0.1, -0.05) is 0 Å². The summed E-state index contributed by atoms with van der Waals surface area (Å²) in [4.78, 5) is 7.19. The second-order valence-corrected chi connectivity index (χ2v) is 7.70. The molecule has 4 aliphatic rings. The molecule has 0 spiro atoms. The van der Waals surface area contributed by atoms with Crippen LogP contribution in [0.25, 0.3) is 0 Å². The van der Waals surface area contributed by atoms with E-state index in [2.05, 4.69) is 15.1 Å². The molecule has 1 aliphatic heterocycles. The third-order valence-electron chi connectivity index (χ3n) is 6.77. The molecule has 0 radical (unpaired) electrons. The van der Waals surface area contributed by atoms with Crippen LogP contribution >= 0.6 is 0 Å². The summed E-state index contributed by atoms with van der Waals surface area (Å²) in [6, 6.07) is 0. The summed E-state index contributed by atoms with van der Waals surface area (Å²) in [7, 11) is 0. The number of piperidine rings is 1. The quantitative estimate of drug-likeness (QED) is 0.888. The minimum Gasteiger partial charge on any atom is -0.340 e. The standard InChI is InChI=1S/C16H25N5/c17-8-9-3-5-21(6-4-9)16-18-15(19-20-16)14-12-10-1-2-11(7-10)13(12)14/h9-14H,1-8,17H2,(H,18,19,20). The van der Waals surface area contributed by atoms with Crippen LogP contribution in [0.3, 0.4) is 0 Å². The van der Waals surface area contributed by atoms with Crippen LogP contribution in [0.15, 0.2) is 0 Å². The van der Waals surface area contributed by atoms with Gasteiger partial charge in [0, 0.05) is 19.0 Å². The monoisotopic (exact) mass is 287 g/mol. The Morgan fingerprint density at radius 1 is 1.10 bits per heavy atom. The fourth-order valence-corrected chi connectivity index (χ4v) is 5.61. The Morgan fingerprint density at radius 3 is 2.48 bits per heavy atom. The summed E-state index contributed by atoms with van der Waals surface area (Å²) < 4.78 is 0. The molecule has 1 aromatic rings. The Balaban J connectivity index is 1.29. The number of nitrogens with two attached hydrogens (primary N) is 1. The van der Waals surface area contributed by atoms with Gasteiger partial charge in [0.2, 0.25) is 5.95 Å². The number of fused-ring (bicyclic) bond motifs is 5. The summed E-state index contributed by atoms with van der Waals surface area (Å²) in [5, 5.41) is 7.77. The Kier molecular flexibility index (Phi) is 2.64. The lowest BCUT2D eigenvalue weighted by Gasteiger charge is -2.30. The van der Waals surface area contributed by atoms with Gasteiger partial charge >= 0.3 is 0 Å². The molecule has 0 amide bonds. The first kappa shape index (κ1) is 12.4. The molecule has 21 heavy (non-hydrogen) atoms. The number of hydrogen-bond donors (Lipinski definition) is 2. The van der Waals surface area contributed by atoms with E-state index < -0.39 is 0 Å². The first-order valence-corrected chi connectivity index (χ1v) is 8.72. The van der Waals surface area contributed by atoms with E-state index in [-0.39, 0.29) is 0 Å². The lowest BCUT2D eigenvalue weighted by molar-refractivity contribution is 0.411. The highest BCUT2D eigenvalue weighted by molar-refractivity contribution is 5.33. The van der Waals surface area contributed by atoms with Crippen molar-refractivity contribution >= 4 is 5.95 Å². The van der Waals surface area contributed by atoms with Crippen LogP contribution < -0.4 is 10.6 Å². The first-order valence-electron chi connectivity index (χ1n) is 8.72. The zero-order chi connectivity index (χ0) is 14.0. The number of hydrogen-bond acceptors (Lipinski definition) is 4. The number of H-pyrrole nitrogens is 1. The van der Waals surface area contributed by atoms with E-state index in [1.807, 2.05) is 0 Å². The van der Waals surface area contributed by atoms with Gasteiger partial charge in [0.15, 0.2) is 0 Å². The van der Waals surface area contributed by atoms with Crippen LogP contribution in [0.5, 0.6) is 0 Å². The van der Waals surface area contributed by atoms with Crippen molar-refractivity contribution in [3.63, 3.8) is 0 Å². The zero-order valence-electron chi connectivity index (χ0n) is 12.5. The van der Waals surface area contributed by atoms with Crippen molar-refractivity contribution in [3.8, 4) is 0 Å². The molecule has 3 saturated carbocycles. The molecule has 4 fully saturated rings. The lowest BCUT2D eigenvalue weighted by atomic mass is 9.97. The van der Waals surface area contributed by atoms with E-state index in [4.69, 9.17) is 10.7 Å². The second kappa shape index (κ2) is 4.45. The van der Waals surface area contributed by atoms with Gasteiger partial charge in [-0.05, 0) is 68.2 Å². The molecule has 1 aromatic heterocycles. The molecule has 4 atom stereocenters. The molecule has 5 heteroatoms. The maximum atomic E-state index is 5.77. The van der Waals surface area contributed by atoms with Crippen molar-refractivity contribution in [2.75, 3.05) is 24.5 Å². The van der Waals surface area contributed by atoms with Crippen LogP contribution in [0, 0.1) is 29.6 Å². The number of nitrogens with one attached hydrogen (secondary N) is 1. The maximum Gasteiger partial charge on any atom is 0.244 e. The Bertz CT molecular complexity index is 517. The maximum absolute atomic E-state index is 5.77. The van der Waals surface area contributed by atoms with Gasteiger partial charge in [0.05, 0.1) is 0 Å². The van der Waals surface area contributed by atoms with Crippen LogP contribution in [-0.4, -0.2) is 34.8 Å². The van der Waals surface area contributed by atoms with Crippen molar-refractivity contribution < 1.29 is 0 Å². The minimum atomic E-state index is 0.693. The smallest absolute Gasteiger partial charge is 0.244 e. The van der Waals surface area contributed by atoms with Gasteiger partial charge in [-0.15, -0.1) is 5.10 Å². The first-order chi connectivity index (χ1) is 10.3. The van der Waals surface area contributed by atoms with Crippen molar-refractivity contribution in [2.24, 2.45) is 35.3 Å². The molecule has 0 aromatic carbocycles. The fraction of sp³-hybridized carbons (Fsp3) is 0.875. The van der Waals surface area contributed by atoms with Crippen molar-refractivity contribution in [1.82, 2.24) is 15.2 Å². The van der Waals surface area contributed by atoms with E-state index in [0.717, 1.165) is 49.3 Å². The van der Waals surface area contributed by atoms with E-state index >= 15 is 0 Å². The van der Waals surface area contributed by atoms with Gasteiger partial charge in [0.25, 0.3) is 0 Å². The molecular formula is C16H25N5. The van der Waals surface area contributed by atoms with Crippen LogP contribution in [0.4, 0.5) is 5.95 Å². The zero-order valence-corrected chi connectivity index (χ0v) is 12.5.